The Morgan fingerprint density at radius 2 is 1.80 bits per heavy atom. The highest BCUT2D eigenvalue weighted by molar-refractivity contribution is 7.13. The molecule has 1 aromatic carbocycles. The zero-order valence-corrected chi connectivity index (χ0v) is 12.7. The second kappa shape index (κ2) is 4.80. The monoisotopic (exact) mass is 283 g/mol. The molecule has 0 unspecified atom stereocenters. The number of nitrogens with zero attached hydrogens (tertiary/aromatic N) is 2. The fourth-order valence-corrected chi connectivity index (χ4v) is 3.33. The first-order chi connectivity index (χ1) is 9.54. The van der Waals surface area contributed by atoms with Gasteiger partial charge in [0.1, 0.15) is 5.69 Å². The highest BCUT2D eigenvalue weighted by atomic mass is 32.1. The zero-order valence-electron chi connectivity index (χ0n) is 11.8. The Kier molecular flexibility index (Phi) is 3.10. The predicted molar refractivity (Wildman–Crippen MR) is 85.5 cm³/mol. The van der Waals surface area contributed by atoms with Gasteiger partial charge in [0.25, 0.3) is 0 Å². The fraction of sp³-hybridized carbons (Fsp3) is 0.188. The van der Waals surface area contributed by atoms with Crippen molar-refractivity contribution in [2.75, 3.05) is 5.73 Å². The second-order valence-electron chi connectivity index (χ2n) is 5.16. The zero-order chi connectivity index (χ0) is 14.3. The molecule has 0 bridgehead atoms. The van der Waals surface area contributed by atoms with Gasteiger partial charge in [-0.25, -0.2) is 4.68 Å². The van der Waals surface area contributed by atoms with E-state index in [1.807, 2.05) is 10.9 Å². The summed E-state index contributed by atoms with van der Waals surface area (Å²) in [4.78, 5) is 1.14. The van der Waals surface area contributed by atoms with Crippen LogP contribution >= 0.6 is 11.3 Å². The van der Waals surface area contributed by atoms with Crippen molar-refractivity contribution in [3.05, 3.63) is 52.5 Å². The number of benzene rings is 1. The summed E-state index contributed by atoms with van der Waals surface area (Å²) in [6.07, 6.45) is 1.89. The van der Waals surface area contributed by atoms with Gasteiger partial charge in [0.2, 0.25) is 0 Å². The highest BCUT2D eigenvalue weighted by Crippen LogP contribution is 2.32. The predicted octanol–water partition coefficient (Wildman–Crippen LogP) is 4.11. The summed E-state index contributed by atoms with van der Waals surface area (Å²) in [7, 11) is 0. The van der Waals surface area contributed by atoms with Gasteiger partial charge in [-0.3, -0.25) is 0 Å². The van der Waals surface area contributed by atoms with Gasteiger partial charge in [0, 0.05) is 0 Å². The lowest BCUT2D eigenvalue weighted by atomic mass is 10.1. The number of rotatable bonds is 2. The van der Waals surface area contributed by atoms with E-state index >= 15 is 0 Å². The van der Waals surface area contributed by atoms with E-state index in [9.17, 15) is 0 Å². The molecule has 2 N–H and O–H groups in total. The minimum atomic E-state index is 0.717. The van der Waals surface area contributed by atoms with E-state index in [0.29, 0.717) is 0 Å². The Morgan fingerprint density at radius 3 is 2.40 bits per heavy atom. The summed E-state index contributed by atoms with van der Waals surface area (Å²) in [5.41, 5.74) is 12.4. The number of aromatic nitrogens is 2. The van der Waals surface area contributed by atoms with E-state index in [1.54, 1.807) is 11.3 Å². The molecule has 0 aliphatic heterocycles. The molecule has 0 aliphatic rings. The quantitative estimate of drug-likeness (QED) is 0.769. The van der Waals surface area contributed by atoms with Crippen LogP contribution in [0.3, 0.4) is 0 Å². The van der Waals surface area contributed by atoms with Gasteiger partial charge in [0.15, 0.2) is 0 Å². The number of thiophene rings is 1. The molecule has 3 aromatic rings. The molecule has 0 atom stereocenters. The van der Waals surface area contributed by atoms with Crippen molar-refractivity contribution in [1.82, 2.24) is 9.78 Å². The minimum Gasteiger partial charge on any atom is -0.396 e. The Hall–Kier alpha value is -2.07. The van der Waals surface area contributed by atoms with Crippen molar-refractivity contribution in [1.29, 1.82) is 0 Å². The molecule has 0 amide bonds. The molecule has 2 aromatic heterocycles. The molecule has 4 heteroatoms. The largest absolute Gasteiger partial charge is 0.396 e. The highest BCUT2D eigenvalue weighted by Gasteiger charge is 2.13. The van der Waals surface area contributed by atoms with Crippen LogP contribution in [-0.4, -0.2) is 9.78 Å². The van der Waals surface area contributed by atoms with E-state index in [2.05, 4.69) is 55.5 Å². The van der Waals surface area contributed by atoms with Crippen LogP contribution in [0.2, 0.25) is 0 Å². The molecule has 0 saturated heterocycles. The summed E-state index contributed by atoms with van der Waals surface area (Å²) in [5.74, 6) is 0. The topological polar surface area (TPSA) is 43.8 Å². The van der Waals surface area contributed by atoms with Crippen LogP contribution in [0.25, 0.3) is 16.3 Å². The van der Waals surface area contributed by atoms with Crippen molar-refractivity contribution in [2.45, 2.75) is 20.8 Å². The van der Waals surface area contributed by atoms with Crippen LogP contribution in [0.5, 0.6) is 0 Å². The normalized spacial score (nSPS) is 10.9. The van der Waals surface area contributed by atoms with Crippen LogP contribution in [-0.2, 0) is 0 Å². The average molecular weight is 283 g/mol. The number of nitrogen functional groups attached to an aromatic ring is 1. The Labute approximate surface area is 122 Å². The van der Waals surface area contributed by atoms with Crippen LogP contribution in [0.1, 0.15) is 16.7 Å². The van der Waals surface area contributed by atoms with Crippen LogP contribution in [0, 0.1) is 20.8 Å². The molecular formula is C16H17N3S. The van der Waals surface area contributed by atoms with Crippen molar-refractivity contribution in [3.63, 3.8) is 0 Å². The summed E-state index contributed by atoms with van der Waals surface area (Å²) >= 11 is 1.68. The number of aryl methyl sites for hydroxylation is 3. The molecule has 0 radical (unpaired) electrons. The van der Waals surface area contributed by atoms with Crippen molar-refractivity contribution in [3.8, 4) is 16.3 Å². The Bertz CT molecular complexity index is 748. The number of nitrogens with two attached hydrogens (primary N) is 1. The number of hydrogen-bond donors (Lipinski definition) is 1. The van der Waals surface area contributed by atoms with E-state index in [0.717, 1.165) is 21.9 Å². The second-order valence-corrected chi connectivity index (χ2v) is 6.07. The number of hydrogen-bond acceptors (Lipinski definition) is 3. The molecule has 3 nitrogen and oxygen atoms in total. The first-order valence-electron chi connectivity index (χ1n) is 6.53. The van der Waals surface area contributed by atoms with E-state index < -0.39 is 0 Å². The van der Waals surface area contributed by atoms with Crippen molar-refractivity contribution >= 4 is 17.0 Å². The third-order valence-corrected chi connectivity index (χ3v) is 4.31. The lowest BCUT2D eigenvalue weighted by molar-refractivity contribution is 0.882. The molecule has 0 spiro atoms. The molecule has 3 rings (SSSR count). The summed E-state index contributed by atoms with van der Waals surface area (Å²) in [6.45, 7) is 6.27. The van der Waals surface area contributed by atoms with E-state index in [4.69, 9.17) is 5.73 Å². The lowest BCUT2D eigenvalue weighted by Gasteiger charge is -2.04. The SMILES string of the molecule is Cc1cc(C)cc(-n2cc(N)c(-c3sccc3C)n2)c1. The van der Waals surface area contributed by atoms with Gasteiger partial charge in [-0.2, -0.15) is 5.10 Å². The third-order valence-electron chi connectivity index (χ3n) is 3.29. The molecule has 0 aliphatic carbocycles. The maximum Gasteiger partial charge on any atom is 0.126 e. The summed E-state index contributed by atoms with van der Waals surface area (Å²) in [6, 6.07) is 8.48. The summed E-state index contributed by atoms with van der Waals surface area (Å²) in [5, 5.41) is 6.74. The van der Waals surface area contributed by atoms with Gasteiger partial charge in [-0.1, -0.05) is 6.07 Å². The van der Waals surface area contributed by atoms with Gasteiger partial charge in [0.05, 0.1) is 22.4 Å². The van der Waals surface area contributed by atoms with Gasteiger partial charge < -0.3 is 5.73 Å². The van der Waals surface area contributed by atoms with Crippen LogP contribution in [0.4, 0.5) is 5.69 Å². The molecular weight excluding hydrogens is 266 g/mol. The van der Waals surface area contributed by atoms with Gasteiger partial charge in [-0.15, -0.1) is 11.3 Å². The summed E-state index contributed by atoms with van der Waals surface area (Å²) < 4.78 is 1.86. The fourth-order valence-electron chi connectivity index (χ4n) is 2.39. The van der Waals surface area contributed by atoms with E-state index in [1.165, 1.54) is 16.7 Å². The maximum absolute atomic E-state index is 6.14. The maximum atomic E-state index is 6.14. The van der Waals surface area contributed by atoms with Crippen LogP contribution < -0.4 is 5.73 Å². The first kappa shape index (κ1) is 12.9. The third kappa shape index (κ3) is 2.23. The molecule has 0 fully saturated rings. The van der Waals surface area contributed by atoms with Crippen molar-refractivity contribution < 1.29 is 0 Å². The molecule has 102 valence electrons. The van der Waals surface area contributed by atoms with Crippen LogP contribution in [0.15, 0.2) is 35.8 Å². The molecule has 20 heavy (non-hydrogen) atoms. The first-order valence-corrected chi connectivity index (χ1v) is 7.41. The molecule has 0 saturated carbocycles. The van der Waals surface area contributed by atoms with Gasteiger partial charge >= 0.3 is 0 Å². The standard InChI is InChI=1S/C16H17N3S/c1-10-6-11(2)8-13(7-10)19-9-14(17)15(18-19)16-12(3)4-5-20-16/h4-9H,17H2,1-3H3. The smallest absolute Gasteiger partial charge is 0.126 e. The Morgan fingerprint density at radius 1 is 1.10 bits per heavy atom. The lowest BCUT2D eigenvalue weighted by Crippen LogP contribution is -1.96. The Balaban J connectivity index is 2.11. The average Bonchev–Trinajstić information content (AvgIpc) is 2.94. The minimum absolute atomic E-state index is 0.717. The molecule has 2 heterocycles. The number of anilines is 1. The van der Waals surface area contributed by atoms with E-state index in [-0.39, 0.29) is 0 Å². The van der Waals surface area contributed by atoms with Gasteiger partial charge in [-0.05, 0) is 61.0 Å². The van der Waals surface area contributed by atoms with Crippen molar-refractivity contribution in [2.24, 2.45) is 0 Å².